The summed E-state index contributed by atoms with van der Waals surface area (Å²) in [6.07, 6.45) is 6.17. The lowest BCUT2D eigenvalue weighted by Crippen LogP contribution is -2.38. The third kappa shape index (κ3) is 6.98. The van der Waals surface area contributed by atoms with Gasteiger partial charge in [0.05, 0.1) is 5.56 Å². The highest BCUT2D eigenvalue weighted by molar-refractivity contribution is 5.99. The van der Waals surface area contributed by atoms with Gasteiger partial charge in [0.2, 0.25) is 0 Å². The average molecular weight is 362 g/mol. The number of piperidine rings is 1. The Morgan fingerprint density at radius 1 is 1.26 bits per heavy atom. The van der Waals surface area contributed by atoms with Crippen LogP contribution in [0.25, 0.3) is 0 Å². The minimum absolute atomic E-state index is 0. The Morgan fingerprint density at radius 3 is 2.70 bits per heavy atom. The summed E-state index contributed by atoms with van der Waals surface area (Å²) in [4.78, 5) is 14.6. The summed E-state index contributed by atoms with van der Waals surface area (Å²) in [7, 11) is 0. The summed E-state index contributed by atoms with van der Waals surface area (Å²) in [5.74, 6) is -0.0700. The van der Waals surface area contributed by atoms with E-state index in [-0.39, 0.29) is 30.7 Å². The van der Waals surface area contributed by atoms with Crippen LogP contribution in [0, 0.1) is 0 Å². The van der Waals surface area contributed by atoms with E-state index >= 15 is 0 Å². The van der Waals surface area contributed by atoms with Gasteiger partial charge in [-0.3, -0.25) is 4.79 Å². The summed E-state index contributed by atoms with van der Waals surface area (Å²) < 4.78 is 0. The van der Waals surface area contributed by atoms with Crippen LogP contribution in [-0.4, -0.2) is 36.5 Å². The molecule has 1 aromatic rings. The fourth-order valence-corrected chi connectivity index (χ4v) is 2.93. The molecule has 2 rings (SSSR count). The predicted molar refractivity (Wildman–Crippen MR) is 102 cm³/mol. The van der Waals surface area contributed by atoms with Gasteiger partial charge in [0.25, 0.3) is 5.91 Å². The van der Waals surface area contributed by atoms with Crippen LogP contribution in [0.1, 0.15) is 49.4 Å². The molecule has 0 aliphatic carbocycles. The fourth-order valence-electron chi connectivity index (χ4n) is 2.93. The molecule has 6 heteroatoms. The van der Waals surface area contributed by atoms with E-state index in [9.17, 15) is 4.79 Å². The van der Waals surface area contributed by atoms with E-state index < -0.39 is 0 Å². The molecule has 1 atom stereocenters. The first-order valence-electron chi connectivity index (χ1n) is 8.05. The number of amides is 1. The van der Waals surface area contributed by atoms with Gasteiger partial charge in [-0.1, -0.05) is 18.6 Å². The van der Waals surface area contributed by atoms with Crippen molar-refractivity contribution in [1.82, 2.24) is 10.2 Å². The molecule has 3 N–H and O–H groups in total. The molecular formula is C17H29Cl2N3O. The molecule has 4 nitrogen and oxygen atoms in total. The van der Waals surface area contributed by atoms with Crippen LogP contribution in [-0.2, 0) is 0 Å². The molecule has 23 heavy (non-hydrogen) atoms. The number of likely N-dealkylation sites (tertiary alicyclic amines) is 1. The number of nitrogens with zero attached hydrogens (tertiary/aromatic N) is 1. The summed E-state index contributed by atoms with van der Waals surface area (Å²) in [5.41, 5.74) is 6.91. The number of anilines is 1. The number of hydrogen-bond acceptors (Lipinski definition) is 3. The Balaban J connectivity index is 0.00000242. The molecule has 132 valence electrons. The van der Waals surface area contributed by atoms with Crippen molar-refractivity contribution in [3.63, 3.8) is 0 Å². The van der Waals surface area contributed by atoms with Gasteiger partial charge in [-0.15, -0.1) is 24.8 Å². The number of unbranched alkanes of at least 4 members (excludes halogenated alkanes) is 1. The molecule has 1 heterocycles. The van der Waals surface area contributed by atoms with E-state index in [1.807, 2.05) is 12.1 Å². The third-order valence-corrected chi connectivity index (χ3v) is 4.30. The van der Waals surface area contributed by atoms with Gasteiger partial charge in [-0.2, -0.15) is 0 Å². The van der Waals surface area contributed by atoms with Gasteiger partial charge in [0, 0.05) is 18.3 Å². The first-order chi connectivity index (χ1) is 10.2. The van der Waals surface area contributed by atoms with Crippen molar-refractivity contribution in [3.8, 4) is 0 Å². The van der Waals surface area contributed by atoms with Crippen molar-refractivity contribution < 1.29 is 4.79 Å². The smallest absolute Gasteiger partial charge is 0.253 e. The van der Waals surface area contributed by atoms with E-state index in [4.69, 9.17) is 5.73 Å². The molecule has 0 spiro atoms. The van der Waals surface area contributed by atoms with E-state index in [1.165, 1.54) is 25.8 Å². The molecule has 1 aliphatic rings. The van der Waals surface area contributed by atoms with E-state index in [0.29, 0.717) is 11.3 Å². The Kier molecular flexibility index (Phi) is 11.1. The minimum atomic E-state index is -0.0700. The molecule has 0 bridgehead atoms. The molecule has 1 amide bonds. The van der Waals surface area contributed by atoms with Gasteiger partial charge >= 0.3 is 0 Å². The van der Waals surface area contributed by atoms with Crippen LogP contribution < -0.4 is 11.1 Å². The molecule has 1 aromatic carbocycles. The number of benzene rings is 1. The van der Waals surface area contributed by atoms with Gasteiger partial charge < -0.3 is 16.0 Å². The molecular weight excluding hydrogens is 333 g/mol. The van der Waals surface area contributed by atoms with Gasteiger partial charge in [0.15, 0.2) is 0 Å². The lowest BCUT2D eigenvalue weighted by Gasteiger charge is -2.33. The van der Waals surface area contributed by atoms with Crippen LogP contribution in [0.2, 0.25) is 0 Å². The van der Waals surface area contributed by atoms with Crippen molar-refractivity contribution in [2.75, 3.05) is 25.4 Å². The molecule has 0 radical (unpaired) electrons. The average Bonchev–Trinajstić information content (AvgIpc) is 2.49. The molecule has 0 saturated carbocycles. The van der Waals surface area contributed by atoms with Crippen LogP contribution in [0.3, 0.4) is 0 Å². The van der Waals surface area contributed by atoms with E-state index in [1.54, 1.807) is 12.1 Å². The first-order valence-corrected chi connectivity index (χ1v) is 8.05. The lowest BCUT2D eigenvalue weighted by atomic mass is 10.0. The number of nitrogen functional groups attached to an aromatic ring is 1. The topological polar surface area (TPSA) is 58.4 Å². The zero-order valence-electron chi connectivity index (χ0n) is 13.8. The Hall–Kier alpha value is -0.970. The van der Waals surface area contributed by atoms with Gasteiger partial charge in [-0.05, 0) is 57.8 Å². The standard InChI is InChI=1S/C17H27N3O.2ClH/c1-14-8-4-6-12-20(14)13-7-5-11-19-17(21)15-9-2-3-10-16(15)18;;/h2-3,9-10,14H,4-8,11-13,18H2,1H3,(H,19,21);2*1H. The summed E-state index contributed by atoms with van der Waals surface area (Å²) >= 11 is 0. The predicted octanol–water partition coefficient (Wildman–Crippen LogP) is 3.50. The fraction of sp³-hybridized carbons (Fsp3) is 0.588. The lowest BCUT2D eigenvalue weighted by molar-refractivity contribution is 0.0952. The zero-order valence-corrected chi connectivity index (χ0v) is 15.4. The first kappa shape index (κ1) is 22.0. The summed E-state index contributed by atoms with van der Waals surface area (Å²) in [6, 6.07) is 7.92. The molecule has 0 aromatic heterocycles. The normalized spacial score (nSPS) is 17.7. The monoisotopic (exact) mass is 361 g/mol. The highest BCUT2D eigenvalue weighted by atomic mass is 35.5. The largest absolute Gasteiger partial charge is 0.398 e. The SMILES string of the molecule is CC1CCCCN1CCCCNC(=O)c1ccccc1N.Cl.Cl. The van der Waals surface area contributed by atoms with Crippen LogP contribution >= 0.6 is 24.8 Å². The van der Waals surface area contributed by atoms with Gasteiger partial charge in [-0.25, -0.2) is 0 Å². The second-order valence-electron chi connectivity index (χ2n) is 5.93. The molecule has 1 aliphatic heterocycles. The minimum Gasteiger partial charge on any atom is -0.398 e. The van der Waals surface area contributed by atoms with Crippen LogP contribution in [0.4, 0.5) is 5.69 Å². The maximum atomic E-state index is 12.0. The molecule has 1 unspecified atom stereocenters. The summed E-state index contributed by atoms with van der Waals surface area (Å²) in [6.45, 7) is 5.41. The van der Waals surface area contributed by atoms with Gasteiger partial charge in [0.1, 0.15) is 0 Å². The number of para-hydroxylation sites is 1. The Labute approximate surface area is 152 Å². The quantitative estimate of drug-likeness (QED) is 0.602. The zero-order chi connectivity index (χ0) is 15.1. The second-order valence-corrected chi connectivity index (χ2v) is 5.93. The third-order valence-electron chi connectivity index (χ3n) is 4.30. The van der Waals surface area contributed by atoms with Crippen molar-refractivity contribution in [3.05, 3.63) is 29.8 Å². The number of carbonyl (C=O) groups is 1. The highest BCUT2D eigenvalue weighted by Crippen LogP contribution is 2.16. The van der Waals surface area contributed by atoms with Crippen molar-refractivity contribution >= 4 is 36.4 Å². The number of nitrogens with one attached hydrogen (secondary N) is 1. The molecule has 1 saturated heterocycles. The Morgan fingerprint density at radius 2 is 2.00 bits per heavy atom. The highest BCUT2D eigenvalue weighted by Gasteiger charge is 2.17. The maximum absolute atomic E-state index is 12.0. The van der Waals surface area contributed by atoms with Crippen molar-refractivity contribution in [1.29, 1.82) is 0 Å². The number of rotatable bonds is 6. The van der Waals surface area contributed by atoms with Crippen LogP contribution in [0.5, 0.6) is 0 Å². The van der Waals surface area contributed by atoms with E-state index in [2.05, 4.69) is 17.1 Å². The number of halogens is 2. The maximum Gasteiger partial charge on any atom is 0.253 e. The van der Waals surface area contributed by atoms with Crippen molar-refractivity contribution in [2.24, 2.45) is 0 Å². The second kappa shape index (κ2) is 11.5. The molecule has 1 fully saturated rings. The Bertz CT molecular complexity index is 471. The number of nitrogens with two attached hydrogens (primary N) is 1. The van der Waals surface area contributed by atoms with Crippen molar-refractivity contribution in [2.45, 2.75) is 45.1 Å². The number of carbonyl (C=O) groups excluding carboxylic acids is 1. The van der Waals surface area contributed by atoms with Crippen LogP contribution in [0.15, 0.2) is 24.3 Å². The number of hydrogen-bond donors (Lipinski definition) is 2. The summed E-state index contributed by atoms with van der Waals surface area (Å²) in [5, 5.41) is 2.95. The van der Waals surface area contributed by atoms with E-state index in [0.717, 1.165) is 32.0 Å².